The maximum Gasteiger partial charge on any atom is 0.364 e. The first kappa shape index (κ1) is 24.1. The van der Waals surface area contributed by atoms with Crippen molar-refractivity contribution < 1.29 is 14.6 Å². The highest BCUT2D eigenvalue weighted by Crippen LogP contribution is 2.31. The van der Waals surface area contributed by atoms with Gasteiger partial charge in [0.1, 0.15) is 18.0 Å². The Balaban J connectivity index is 1.56. The highest BCUT2D eigenvalue weighted by atomic mass is 35.5. The molecule has 0 spiro atoms. The Bertz CT molecular complexity index is 1200. The van der Waals surface area contributed by atoms with Gasteiger partial charge in [0, 0.05) is 22.7 Å². The molecular weight excluding hydrogens is 454 g/mol. The van der Waals surface area contributed by atoms with Crippen LogP contribution in [0.25, 0.3) is 22.5 Å². The molecule has 0 bridgehead atoms. The van der Waals surface area contributed by atoms with Gasteiger partial charge in [-0.1, -0.05) is 53.6 Å². The zero-order valence-electron chi connectivity index (χ0n) is 19.1. The van der Waals surface area contributed by atoms with E-state index in [0.717, 1.165) is 42.4 Å². The molecule has 1 N–H and O–H groups in total. The Labute approximate surface area is 203 Å². The average molecular weight is 482 g/mol. The van der Waals surface area contributed by atoms with Crippen LogP contribution in [0.1, 0.15) is 31.2 Å². The monoisotopic (exact) mass is 481 g/mol. The summed E-state index contributed by atoms with van der Waals surface area (Å²) < 4.78 is 6.74. The van der Waals surface area contributed by atoms with Crippen LogP contribution in [0.4, 0.5) is 0 Å². The minimum Gasteiger partial charge on any atom is -0.480 e. The quantitative estimate of drug-likeness (QED) is 0.494. The Morgan fingerprint density at radius 3 is 2.44 bits per heavy atom. The molecule has 0 atom stereocenters. The van der Waals surface area contributed by atoms with Crippen LogP contribution >= 0.6 is 11.6 Å². The first-order valence-corrected chi connectivity index (χ1v) is 11.9. The first-order chi connectivity index (χ1) is 16.4. The lowest BCUT2D eigenvalue weighted by atomic mass is 9.82. The number of ether oxygens (including phenoxy) is 1. The molecule has 1 aliphatic rings. The number of carbonyl (C=O) groups is 1. The maximum absolute atomic E-state index is 13.0. The number of hydrogen-bond acceptors (Lipinski definition) is 5. The number of hydrogen-bond donors (Lipinski definition) is 1. The largest absolute Gasteiger partial charge is 0.480 e. The number of carboxylic acids is 1. The van der Waals surface area contributed by atoms with Gasteiger partial charge in [-0.05, 0) is 56.6 Å². The fourth-order valence-corrected chi connectivity index (χ4v) is 4.61. The summed E-state index contributed by atoms with van der Waals surface area (Å²) in [5.41, 5.74) is 3.57. The summed E-state index contributed by atoms with van der Waals surface area (Å²) in [7, 11) is 0. The van der Waals surface area contributed by atoms with Crippen molar-refractivity contribution in [2.75, 3.05) is 13.2 Å². The van der Waals surface area contributed by atoms with Gasteiger partial charge in [0.2, 0.25) is 0 Å². The third-order valence-electron chi connectivity index (χ3n) is 6.27. The van der Waals surface area contributed by atoms with Crippen LogP contribution in [0.3, 0.4) is 0 Å². The van der Waals surface area contributed by atoms with E-state index in [1.807, 2.05) is 43.3 Å². The smallest absolute Gasteiger partial charge is 0.364 e. The summed E-state index contributed by atoms with van der Waals surface area (Å²) in [4.78, 5) is 28.0. The van der Waals surface area contributed by atoms with Gasteiger partial charge in [-0.15, -0.1) is 0 Å². The van der Waals surface area contributed by atoms with Crippen molar-refractivity contribution in [3.63, 3.8) is 0 Å². The summed E-state index contributed by atoms with van der Waals surface area (Å²) in [6.45, 7) is 2.73. The molecule has 2 aromatic carbocycles. The lowest BCUT2D eigenvalue weighted by molar-refractivity contribution is -0.142. The average Bonchev–Trinajstić information content (AvgIpc) is 2.81. The maximum atomic E-state index is 13.0. The van der Waals surface area contributed by atoms with Crippen molar-refractivity contribution in [2.45, 2.75) is 39.2 Å². The zero-order chi connectivity index (χ0) is 24.1. The second-order valence-electron chi connectivity index (χ2n) is 8.95. The molecule has 0 saturated heterocycles. The van der Waals surface area contributed by atoms with Gasteiger partial charge in [-0.25, -0.2) is 14.3 Å². The number of aromatic nitrogens is 3. The van der Waals surface area contributed by atoms with Crippen molar-refractivity contribution in [1.82, 2.24) is 14.8 Å². The van der Waals surface area contributed by atoms with E-state index in [1.165, 1.54) is 4.68 Å². The molecule has 0 radical (unpaired) electrons. The van der Waals surface area contributed by atoms with Gasteiger partial charge in [-0.2, -0.15) is 10.1 Å². The van der Waals surface area contributed by atoms with E-state index in [4.69, 9.17) is 26.5 Å². The van der Waals surface area contributed by atoms with Gasteiger partial charge in [0.25, 0.3) is 0 Å². The number of nitrogens with zero attached hydrogens (tertiary/aromatic N) is 3. The lowest BCUT2D eigenvalue weighted by Crippen LogP contribution is -2.31. The Kier molecular flexibility index (Phi) is 7.75. The van der Waals surface area contributed by atoms with E-state index in [2.05, 4.69) is 4.98 Å². The lowest BCUT2D eigenvalue weighted by Gasteiger charge is -2.28. The molecule has 0 amide bonds. The van der Waals surface area contributed by atoms with Gasteiger partial charge in [0.15, 0.2) is 0 Å². The molecule has 1 saturated carbocycles. The third-order valence-corrected chi connectivity index (χ3v) is 6.51. The highest BCUT2D eigenvalue weighted by molar-refractivity contribution is 6.30. The summed E-state index contributed by atoms with van der Waals surface area (Å²) >= 11 is 6.20. The van der Waals surface area contributed by atoms with E-state index in [-0.39, 0.29) is 12.3 Å². The standard InChI is InChI=1S/C26H28ClN3O4/c1-17-5-11-20(12-6-17)25-24(21-3-2-4-22(27)13-21)28-26(33)30(29-25)14-18-7-9-19(10-8-18)15-34-16-23(31)32/h2-6,11-13,18-19H,7-10,14-16H2,1H3,(H,31,32). The van der Waals surface area contributed by atoms with Crippen molar-refractivity contribution >= 4 is 17.6 Å². The van der Waals surface area contributed by atoms with Gasteiger partial charge in [-0.3, -0.25) is 0 Å². The van der Waals surface area contributed by atoms with Crippen LogP contribution in [0.5, 0.6) is 0 Å². The van der Waals surface area contributed by atoms with Crippen LogP contribution in [0.2, 0.25) is 5.02 Å². The van der Waals surface area contributed by atoms with E-state index >= 15 is 0 Å². The van der Waals surface area contributed by atoms with Gasteiger partial charge >= 0.3 is 11.7 Å². The minimum absolute atomic E-state index is 0.258. The van der Waals surface area contributed by atoms with Crippen LogP contribution in [-0.2, 0) is 16.1 Å². The Morgan fingerprint density at radius 2 is 1.76 bits per heavy atom. The fourth-order valence-electron chi connectivity index (χ4n) is 4.42. The van der Waals surface area contributed by atoms with Crippen LogP contribution < -0.4 is 5.69 Å². The molecule has 34 heavy (non-hydrogen) atoms. The van der Waals surface area contributed by atoms with Gasteiger partial charge < -0.3 is 9.84 Å². The zero-order valence-corrected chi connectivity index (χ0v) is 19.9. The Hall–Kier alpha value is -3.03. The van der Waals surface area contributed by atoms with E-state index in [1.54, 1.807) is 12.1 Å². The highest BCUT2D eigenvalue weighted by Gasteiger charge is 2.24. The molecule has 8 heteroatoms. The molecule has 1 fully saturated rings. The predicted molar refractivity (Wildman–Crippen MR) is 131 cm³/mol. The fraction of sp³-hybridized carbons (Fsp3) is 0.385. The second kappa shape index (κ2) is 10.9. The molecule has 1 aliphatic carbocycles. The van der Waals surface area contributed by atoms with Crippen molar-refractivity contribution in [3.8, 4) is 22.5 Å². The molecule has 0 unspecified atom stereocenters. The Morgan fingerprint density at radius 1 is 1.06 bits per heavy atom. The van der Waals surface area contributed by atoms with Crippen molar-refractivity contribution in [3.05, 3.63) is 69.6 Å². The molecule has 0 aliphatic heterocycles. The van der Waals surface area contributed by atoms with E-state index < -0.39 is 5.97 Å². The normalized spacial score (nSPS) is 18.1. The van der Waals surface area contributed by atoms with Crippen LogP contribution in [-0.4, -0.2) is 39.1 Å². The number of benzene rings is 2. The topological polar surface area (TPSA) is 94.3 Å². The molecular formula is C26H28ClN3O4. The van der Waals surface area contributed by atoms with Gasteiger partial charge in [0.05, 0.1) is 6.61 Å². The van der Waals surface area contributed by atoms with Crippen LogP contribution in [0.15, 0.2) is 53.3 Å². The molecule has 178 valence electrons. The third kappa shape index (κ3) is 6.10. The summed E-state index contributed by atoms with van der Waals surface area (Å²) in [5, 5.41) is 14.1. The molecule has 1 heterocycles. The molecule has 4 rings (SSSR count). The minimum atomic E-state index is -0.947. The molecule has 1 aromatic heterocycles. The summed E-state index contributed by atoms with van der Waals surface area (Å²) in [5.74, 6) is -0.283. The summed E-state index contributed by atoms with van der Waals surface area (Å²) in [6.07, 6.45) is 3.76. The van der Waals surface area contributed by atoms with Crippen molar-refractivity contribution in [1.29, 1.82) is 0 Å². The van der Waals surface area contributed by atoms with Crippen LogP contribution in [0, 0.1) is 18.8 Å². The number of rotatable bonds is 8. The first-order valence-electron chi connectivity index (χ1n) is 11.5. The number of carboxylic acid groups (broad SMARTS) is 1. The number of aryl methyl sites for hydroxylation is 1. The number of halogens is 1. The predicted octanol–water partition coefficient (Wildman–Crippen LogP) is 4.84. The second-order valence-corrected chi connectivity index (χ2v) is 9.38. The van der Waals surface area contributed by atoms with E-state index in [9.17, 15) is 9.59 Å². The molecule has 3 aromatic rings. The SMILES string of the molecule is Cc1ccc(-c2nn(CC3CCC(COCC(=O)O)CC3)c(=O)nc2-c2cccc(Cl)c2)cc1. The van der Waals surface area contributed by atoms with E-state index in [0.29, 0.717) is 41.4 Å². The number of aliphatic carboxylic acids is 1. The summed E-state index contributed by atoms with van der Waals surface area (Å²) in [6, 6.07) is 15.3. The van der Waals surface area contributed by atoms with Crippen molar-refractivity contribution in [2.24, 2.45) is 11.8 Å². The molecule has 7 nitrogen and oxygen atoms in total.